The minimum atomic E-state index is -4.41. The van der Waals surface area contributed by atoms with E-state index in [0.29, 0.717) is 11.5 Å². The van der Waals surface area contributed by atoms with Crippen molar-refractivity contribution in [1.82, 2.24) is 14.6 Å². The number of benzene rings is 1. The third-order valence-electron chi connectivity index (χ3n) is 3.18. The zero-order valence-corrected chi connectivity index (χ0v) is 10.7. The molecule has 2 aromatic heterocycles. The predicted octanol–water partition coefficient (Wildman–Crippen LogP) is 2.63. The van der Waals surface area contributed by atoms with Crippen molar-refractivity contribution in [1.29, 1.82) is 0 Å². The lowest BCUT2D eigenvalue weighted by atomic mass is 10.0. The average molecular weight is 293 g/mol. The van der Waals surface area contributed by atoms with Gasteiger partial charge in [0.25, 0.3) is 0 Å². The number of alkyl halides is 3. The Kier molecular flexibility index (Phi) is 3.04. The van der Waals surface area contributed by atoms with Gasteiger partial charge >= 0.3 is 6.18 Å². The van der Waals surface area contributed by atoms with Crippen molar-refractivity contribution in [3.63, 3.8) is 0 Å². The predicted molar refractivity (Wildman–Crippen MR) is 70.1 cm³/mol. The Labute approximate surface area is 116 Å². The lowest BCUT2D eigenvalue weighted by molar-refractivity contribution is -0.138. The molecule has 2 heterocycles. The van der Waals surface area contributed by atoms with Gasteiger partial charge in [0.05, 0.1) is 5.56 Å². The third-order valence-corrected chi connectivity index (χ3v) is 3.18. The van der Waals surface area contributed by atoms with E-state index in [-0.39, 0.29) is 17.4 Å². The lowest BCUT2D eigenvalue weighted by Gasteiger charge is -2.11. The molecular formula is C14H10F3N3O. The fraction of sp³-hybridized carbons (Fsp3) is 0.143. The molecule has 0 saturated heterocycles. The van der Waals surface area contributed by atoms with Gasteiger partial charge in [0.15, 0.2) is 5.43 Å². The molecule has 0 aliphatic carbocycles. The van der Waals surface area contributed by atoms with Crippen molar-refractivity contribution in [2.75, 3.05) is 0 Å². The molecule has 0 spiro atoms. The summed E-state index contributed by atoms with van der Waals surface area (Å²) < 4.78 is 40.5. The molecule has 4 nitrogen and oxygen atoms in total. The Hall–Kier alpha value is -2.57. The van der Waals surface area contributed by atoms with Gasteiger partial charge in [0.1, 0.15) is 11.5 Å². The zero-order valence-electron chi connectivity index (χ0n) is 10.7. The maximum Gasteiger partial charge on any atom is 0.416 e. The van der Waals surface area contributed by atoms with Crippen molar-refractivity contribution in [3.05, 3.63) is 69.8 Å². The van der Waals surface area contributed by atoms with E-state index in [1.807, 2.05) is 0 Å². The van der Waals surface area contributed by atoms with E-state index >= 15 is 0 Å². The summed E-state index contributed by atoms with van der Waals surface area (Å²) in [4.78, 5) is 11.2. The molecule has 3 aromatic rings. The molecule has 1 N–H and O–H groups in total. The molecule has 1 aromatic carbocycles. The largest absolute Gasteiger partial charge is 0.416 e. The van der Waals surface area contributed by atoms with Crippen molar-refractivity contribution in [2.24, 2.45) is 0 Å². The van der Waals surface area contributed by atoms with E-state index in [4.69, 9.17) is 0 Å². The minimum absolute atomic E-state index is 0.0125. The highest BCUT2D eigenvalue weighted by atomic mass is 19.4. The van der Waals surface area contributed by atoms with Crippen LogP contribution in [-0.4, -0.2) is 14.6 Å². The Morgan fingerprint density at radius 2 is 1.95 bits per heavy atom. The van der Waals surface area contributed by atoms with Crippen LogP contribution in [0.2, 0.25) is 0 Å². The normalized spacial score (nSPS) is 12.0. The molecule has 0 fully saturated rings. The molecule has 0 aliphatic heterocycles. The number of nitrogens with zero attached hydrogens (tertiary/aromatic N) is 2. The van der Waals surface area contributed by atoms with Crippen molar-refractivity contribution in [2.45, 2.75) is 12.6 Å². The first-order valence-electron chi connectivity index (χ1n) is 6.16. The van der Waals surface area contributed by atoms with Gasteiger partial charge in [-0.05, 0) is 11.6 Å². The van der Waals surface area contributed by atoms with Crippen molar-refractivity contribution < 1.29 is 13.2 Å². The number of nitrogens with one attached hydrogen (secondary N) is 1. The Balaban J connectivity index is 2.05. The summed E-state index contributed by atoms with van der Waals surface area (Å²) in [6.07, 6.45) is -2.90. The first-order chi connectivity index (χ1) is 9.95. The summed E-state index contributed by atoms with van der Waals surface area (Å²) in [5.74, 6) is 0.404. The fourth-order valence-corrected chi connectivity index (χ4v) is 2.21. The second-order valence-electron chi connectivity index (χ2n) is 4.59. The minimum Gasteiger partial charge on any atom is -0.290 e. The number of aromatic amines is 1. The average Bonchev–Trinajstić information content (AvgIpc) is 2.80. The van der Waals surface area contributed by atoms with Gasteiger partial charge in [-0.3, -0.25) is 14.3 Å². The number of aromatic nitrogens is 3. The molecule has 3 rings (SSSR count). The molecule has 21 heavy (non-hydrogen) atoms. The van der Waals surface area contributed by atoms with Crippen molar-refractivity contribution >= 4 is 5.65 Å². The van der Waals surface area contributed by atoms with Crippen molar-refractivity contribution in [3.8, 4) is 0 Å². The van der Waals surface area contributed by atoms with Crippen LogP contribution in [0.4, 0.5) is 13.2 Å². The number of fused-ring (bicyclic) bond motifs is 1. The Morgan fingerprint density at radius 1 is 1.19 bits per heavy atom. The third kappa shape index (κ3) is 2.54. The summed E-state index contributed by atoms with van der Waals surface area (Å²) >= 11 is 0. The van der Waals surface area contributed by atoms with Gasteiger partial charge in [-0.2, -0.15) is 18.3 Å². The lowest BCUT2D eigenvalue weighted by Crippen LogP contribution is -2.10. The fourth-order valence-electron chi connectivity index (χ4n) is 2.21. The molecule has 0 saturated carbocycles. The highest BCUT2D eigenvalue weighted by Crippen LogP contribution is 2.32. The summed E-state index contributed by atoms with van der Waals surface area (Å²) in [5.41, 5.74) is -0.290. The summed E-state index contributed by atoms with van der Waals surface area (Å²) in [5, 5.41) is 6.63. The zero-order chi connectivity index (χ0) is 15.0. The molecule has 0 radical (unpaired) electrons. The van der Waals surface area contributed by atoms with Crippen LogP contribution in [0.15, 0.2) is 47.4 Å². The first kappa shape index (κ1) is 13.4. The summed E-state index contributed by atoms with van der Waals surface area (Å²) in [6, 6.07) is 8.05. The second-order valence-corrected chi connectivity index (χ2v) is 4.59. The number of halogens is 3. The van der Waals surface area contributed by atoms with Crippen LogP contribution < -0.4 is 5.43 Å². The molecule has 0 amide bonds. The maximum atomic E-state index is 13.0. The highest BCUT2D eigenvalue weighted by molar-refractivity contribution is 5.39. The number of H-pyrrole nitrogens is 1. The summed E-state index contributed by atoms with van der Waals surface area (Å²) in [7, 11) is 0. The number of hydrogen-bond donors (Lipinski definition) is 1. The van der Waals surface area contributed by atoms with Gasteiger partial charge in [0, 0.05) is 24.8 Å². The van der Waals surface area contributed by atoms with Gasteiger partial charge in [-0.15, -0.1) is 0 Å². The second kappa shape index (κ2) is 4.76. The molecule has 0 bridgehead atoms. The molecule has 0 atom stereocenters. The highest BCUT2D eigenvalue weighted by Gasteiger charge is 2.33. The quantitative estimate of drug-likeness (QED) is 0.789. The SMILES string of the molecule is O=c1ccn2c(Cc3ccccc3C(F)(F)F)n[nH]c2c1. The summed E-state index contributed by atoms with van der Waals surface area (Å²) in [6.45, 7) is 0. The van der Waals surface area contributed by atoms with Crippen LogP contribution in [0, 0.1) is 0 Å². The van der Waals surface area contributed by atoms with Gasteiger partial charge in [0.2, 0.25) is 0 Å². The molecular weight excluding hydrogens is 283 g/mol. The van der Waals surface area contributed by atoms with Crippen LogP contribution in [0.5, 0.6) is 0 Å². The van der Waals surface area contributed by atoms with E-state index in [1.165, 1.54) is 30.5 Å². The van der Waals surface area contributed by atoms with E-state index in [2.05, 4.69) is 10.2 Å². The standard InChI is InChI=1S/C14H10F3N3O/c15-14(16,17)11-4-2-1-3-9(11)7-12-18-19-13-8-10(21)5-6-20(12)13/h1-6,8,19H,7H2. The van der Waals surface area contributed by atoms with E-state index < -0.39 is 11.7 Å². The van der Waals surface area contributed by atoms with Gasteiger partial charge in [-0.1, -0.05) is 18.2 Å². The maximum absolute atomic E-state index is 13.0. The number of rotatable bonds is 2. The number of hydrogen-bond acceptors (Lipinski definition) is 2. The Morgan fingerprint density at radius 3 is 2.71 bits per heavy atom. The van der Waals surface area contributed by atoms with Crippen LogP contribution in [0.1, 0.15) is 17.0 Å². The smallest absolute Gasteiger partial charge is 0.290 e. The number of pyridine rings is 1. The molecule has 0 aliphatic rings. The van der Waals surface area contributed by atoms with E-state index in [0.717, 1.165) is 6.07 Å². The topological polar surface area (TPSA) is 50.2 Å². The van der Waals surface area contributed by atoms with E-state index in [9.17, 15) is 18.0 Å². The first-order valence-corrected chi connectivity index (χ1v) is 6.16. The van der Waals surface area contributed by atoms with Gasteiger partial charge < -0.3 is 0 Å². The van der Waals surface area contributed by atoms with E-state index in [1.54, 1.807) is 10.5 Å². The van der Waals surface area contributed by atoms with Crippen LogP contribution >= 0.6 is 0 Å². The molecule has 108 valence electrons. The van der Waals surface area contributed by atoms with Crippen LogP contribution in [-0.2, 0) is 12.6 Å². The Bertz CT molecular complexity index is 848. The van der Waals surface area contributed by atoms with Crippen LogP contribution in [0.25, 0.3) is 5.65 Å². The molecule has 0 unspecified atom stereocenters. The van der Waals surface area contributed by atoms with Gasteiger partial charge in [-0.25, -0.2) is 0 Å². The molecule has 7 heteroatoms. The van der Waals surface area contributed by atoms with Crippen LogP contribution in [0.3, 0.4) is 0 Å². The monoisotopic (exact) mass is 293 g/mol.